The second-order valence-corrected chi connectivity index (χ2v) is 6.22. The number of aliphatic imine (C=N–C) groups is 1. The Morgan fingerprint density at radius 3 is 2.85 bits per heavy atom. The Morgan fingerprint density at radius 1 is 1.15 bits per heavy atom. The van der Waals surface area contributed by atoms with Gasteiger partial charge in [-0.05, 0) is 50.2 Å². The van der Waals surface area contributed by atoms with Gasteiger partial charge in [0, 0.05) is 23.2 Å². The summed E-state index contributed by atoms with van der Waals surface area (Å²) in [4.78, 5) is 25.3. The second-order valence-electron chi connectivity index (χ2n) is 6.22. The van der Waals surface area contributed by atoms with Crippen molar-refractivity contribution in [3.05, 3.63) is 65.8 Å². The summed E-state index contributed by atoms with van der Waals surface area (Å²) in [5.41, 5.74) is 9.13. The number of nitrogens with two attached hydrogens (primary N) is 1. The van der Waals surface area contributed by atoms with Gasteiger partial charge in [0.15, 0.2) is 0 Å². The Balaban J connectivity index is 1.59. The van der Waals surface area contributed by atoms with Gasteiger partial charge in [-0.2, -0.15) is 0 Å². The number of aryl methyl sites for hydroxylation is 2. The molecule has 0 aliphatic carbocycles. The van der Waals surface area contributed by atoms with Gasteiger partial charge >= 0.3 is 0 Å². The monoisotopic (exact) mass is 359 g/mol. The van der Waals surface area contributed by atoms with Crippen LogP contribution in [0.25, 0.3) is 21.9 Å². The highest BCUT2D eigenvalue weighted by molar-refractivity contribution is 6.07. The molecule has 3 N–H and O–H groups in total. The summed E-state index contributed by atoms with van der Waals surface area (Å²) >= 11 is 0. The van der Waals surface area contributed by atoms with E-state index in [0.717, 1.165) is 27.6 Å². The fraction of sp³-hybridized carbons (Fsp3) is 0.100. The number of nitrogens with zero attached hydrogens (tertiary/aromatic N) is 3. The molecular formula is C20H17N5O2. The lowest BCUT2D eigenvalue weighted by Gasteiger charge is -2.08. The minimum Gasteiger partial charge on any atom is -0.461 e. The highest BCUT2D eigenvalue weighted by Gasteiger charge is 2.13. The first kappa shape index (κ1) is 16.7. The van der Waals surface area contributed by atoms with Gasteiger partial charge in [0.25, 0.3) is 5.91 Å². The average molecular weight is 359 g/mol. The molecule has 1 amide bonds. The quantitative estimate of drug-likeness (QED) is 0.421. The molecule has 0 radical (unpaired) electrons. The number of hydrogen-bond donors (Lipinski definition) is 2. The van der Waals surface area contributed by atoms with Crippen LogP contribution in [-0.2, 0) is 0 Å². The number of carbonyl (C=O) groups excluding carboxylic acids is 1. The van der Waals surface area contributed by atoms with E-state index < -0.39 is 0 Å². The van der Waals surface area contributed by atoms with Crippen LogP contribution in [0, 0.1) is 13.8 Å². The molecule has 0 saturated heterocycles. The molecule has 1 aromatic carbocycles. The van der Waals surface area contributed by atoms with Gasteiger partial charge in [0.2, 0.25) is 5.96 Å². The Kier molecular flexibility index (Phi) is 4.04. The maximum Gasteiger partial charge on any atom is 0.259 e. The minimum absolute atomic E-state index is 0.00486. The standard InChI is InChI=1S/C20H17N5O2/c1-11-7-13-8-15(3-4-18(13)27-11)24-20(21)25-19(26)16-9-14-10-22-6-5-17(14)23-12(16)2/h3-10H,1-2H3,(H3,21,24,25,26). The average Bonchev–Trinajstić information content (AvgIpc) is 3.00. The summed E-state index contributed by atoms with van der Waals surface area (Å²) in [5.74, 6) is 0.457. The summed E-state index contributed by atoms with van der Waals surface area (Å²) < 4.78 is 5.54. The van der Waals surface area contributed by atoms with Gasteiger partial charge in [-0.25, -0.2) is 4.99 Å². The van der Waals surface area contributed by atoms with Crippen molar-refractivity contribution in [1.29, 1.82) is 0 Å². The molecule has 0 spiro atoms. The van der Waals surface area contributed by atoms with Crippen LogP contribution < -0.4 is 11.1 Å². The Bertz CT molecular complexity index is 1210. The molecule has 3 aromatic heterocycles. The third-order valence-electron chi connectivity index (χ3n) is 4.16. The van der Waals surface area contributed by atoms with E-state index in [4.69, 9.17) is 10.2 Å². The van der Waals surface area contributed by atoms with Crippen molar-refractivity contribution in [2.45, 2.75) is 13.8 Å². The summed E-state index contributed by atoms with van der Waals surface area (Å²) in [5, 5.41) is 4.32. The Labute approximate surface area is 154 Å². The Morgan fingerprint density at radius 2 is 2.00 bits per heavy atom. The number of guanidine groups is 1. The highest BCUT2D eigenvalue weighted by atomic mass is 16.3. The van der Waals surface area contributed by atoms with E-state index in [0.29, 0.717) is 16.9 Å². The largest absolute Gasteiger partial charge is 0.461 e. The van der Waals surface area contributed by atoms with E-state index in [9.17, 15) is 4.79 Å². The number of rotatable bonds is 2. The molecule has 0 bridgehead atoms. The van der Waals surface area contributed by atoms with Crippen molar-refractivity contribution in [2.24, 2.45) is 10.7 Å². The predicted molar refractivity (Wildman–Crippen MR) is 104 cm³/mol. The van der Waals surface area contributed by atoms with Gasteiger partial charge in [0.05, 0.1) is 22.5 Å². The zero-order valence-corrected chi connectivity index (χ0v) is 14.9. The number of amides is 1. The van der Waals surface area contributed by atoms with Crippen molar-refractivity contribution < 1.29 is 9.21 Å². The van der Waals surface area contributed by atoms with Crippen LogP contribution in [0.5, 0.6) is 0 Å². The zero-order chi connectivity index (χ0) is 19.0. The molecule has 3 heterocycles. The SMILES string of the molecule is Cc1cc2cc(N=C(N)NC(=O)c3cc4cnccc4nc3C)ccc2o1. The van der Waals surface area contributed by atoms with Crippen LogP contribution >= 0.6 is 0 Å². The number of fused-ring (bicyclic) bond motifs is 2. The van der Waals surface area contributed by atoms with E-state index in [1.807, 2.05) is 25.1 Å². The fourth-order valence-corrected chi connectivity index (χ4v) is 2.93. The number of nitrogens with one attached hydrogen (secondary N) is 1. The molecule has 0 saturated carbocycles. The van der Waals surface area contributed by atoms with Gasteiger partial charge in [-0.1, -0.05) is 0 Å². The van der Waals surface area contributed by atoms with Gasteiger partial charge < -0.3 is 10.2 Å². The number of aromatic nitrogens is 2. The lowest BCUT2D eigenvalue weighted by atomic mass is 10.1. The maximum atomic E-state index is 12.6. The van der Waals surface area contributed by atoms with Crippen LogP contribution in [0.1, 0.15) is 21.8 Å². The van der Waals surface area contributed by atoms with Gasteiger partial charge in [-0.15, -0.1) is 0 Å². The summed E-state index contributed by atoms with van der Waals surface area (Å²) in [6, 6.07) is 10.9. The molecule has 134 valence electrons. The van der Waals surface area contributed by atoms with Crippen molar-refractivity contribution in [3.8, 4) is 0 Å². The third-order valence-corrected chi connectivity index (χ3v) is 4.16. The molecule has 0 fully saturated rings. The molecule has 27 heavy (non-hydrogen) atoms. The van der Waals surface area contributed by atoms with E-state index in [1.165, 1.54) is 0 Å². The Hall–Kier alpha value is -3.74. The van der Waals surface area contributed by atoms with Crippen molar-refractivity contribution in [1.82, 2.24) is 15.3 Å². The molecule has 7 nitrogen and oxygen atoms in total. The first-order chi connectivity index (χ1) is 13.0. The summed E-state index contributed by atoms with van der Waals surface area (Å²) in [6.45, 7) is 3.66. The first-order valence-electron chi connectivity index (χ1n) is 8.37. The molecule has 0 aliphatic heterocycles. The molecule has 7 heteroatoms. The minimum atomic E-state index is -0.368. The van der Waals surface area contributed by atoms with Crippen LogP contribution in [0.4, 0.5) is 5.69 Å². The fourth-order valence-electron chi connectivity index (χ4n) is 2.93. The lowest BCUT2D eigenvalue weighted by Crippen LogP contribution is -2.37. The van der Waals surface area contributed by atoms with Crippen LogP contribution in [0.3, 0.4) is 0 Å². The van der Waals surface area contributed by atoms with Gasteiger partial charge in [0.1, 0.15) is 11.3 Å². The van der Waals surface area contributed by atoms with Crippen LogP contribution in [-0.4, -0.2) is 21.8 Å². The van der Waals surface area contributed by atoms with E-state index >= 15 is 0 Å². The van der Waals surface area contributed by atoms with Crippen molar-refractivity contribution in [2.75, 3.05) is 0 Å². The zero-order valence-electron chi connectivity index (χ0n) is 14.9. The second kappa shape index (κ2) is 6.53. The summed E-state index contributed by atoms with van der Waals surface area (Å²) in [6.07, 6.45) is 3.33. The molecular weight excluding hydrogens is 342 g/mol. The predicted octanol–water partition coefficient (Wildman–Crippen LogP) is 3.37. The third kappa shape index (κ3) is 3.35. The highest BCUT2D eigenvalue weighted by Crippen LogP contribution is 2.24. The number of carbonyl (C=O) groups is 1. The lowest BCUT2D eigenvalue weighted by molar-refractivity contribution is 0.0976. The van der Waals surface area contributed by atoms with Crippen LogP contribution in [0.15, 0.2) is 58.2 Å². The van der Waals surface area contributed by atoms with E-state index in [2.05, 4.69) is 20.3 Å². The van der Waals surface area contributed by atoms with Crippen LogP contribution in [0.2, 0.25) is 0 Å². The van der Waals surface area contributed by atoms with Gasteiger partial charge in [-0.3, -0.25) is 20.1 Å². The topological polar surface area (TPSA) is 106 Å². The van der Waals surface area contributed by atoms with Crippen molar-refractivity contribution in [3.63, 3.8) is 0 Å². The smallest absolute Gasteiger partial charge is 0.259 e. The van der Waals surface area contributed by atoms with E-state index in [1.54, 1.807) is 37.5 Å². The molecule has 0 unspecified atom stereocenters. The molecule has 0 atom stereocenters. The van der Waals surface area contributed by atoms with Crippen molar-refractivity contribution >= 4 is 39.4 Å². The number of benzene rings is 1. The molecule has 0 aliphatic rings. The number of furan rings is 1. The molecule has 4 rings (SSSR count). The maximum absolute atomic E-state index is 12.6. The number of hydrogen-bond acceptors (Lipinski definition) is 5. The van der Waals surface area contributed by atoms with E-state index in [-0.39, 0.29) is 11.9 Å². The first-order valence-corrected chi connectivity index (χ1v) is 8.37. The summed E-state index contributed by atoms with van der Waals surface area (Å²) in [7, 11) is 0. The number of pyridine rings is 2. The molecule has 4 aromatic rings. The normalized spacial score (nSPS) is 11.9.